The summed E-state index contributed by atoms with van der Waals surface area (Å²) in [7, 11) is 1.61. The molecule has 1 amide bonds. The van der Waals surface area contributed by atoms with E-state index in [1.807, 2.05) is 6.92 Å². The first kappa shape index (κ1) is 17.6. The Morgan fingerprint density at radius 2 is 1.95 bits per heavy atom. The second-order valence-electron chi connectivity index (χ2n) is 4.49. The second-order valence-corrected chi connectivity index (χ2v) is 4.49. The molecule has 0 aliphatic carbocycles. The minimum Gasteiger partial charge on any atom is -0.464 e. The predicted octanol–water partition coefficient (Wildman–Crippen LogP) is 1.77. The molecule has 0 heterocycles. The molecular formula is C14H25NO4. The first-order chi connectivity index (χ1) is 8.93. The van der Waals surface area contributed by atoms with Crippen molar-refractivity contribution in [1.29, 1.82) is 0 Å². The molecule has 0 aromatic heterocycles. The monoisotopic (exact) mass is 271 g/mol. The minimum atomic E-state index is -0.591. The van der Waals surface area contributed by atoms with E-state index >= 15 is 0 Å². The number of carbonyl (C=O) groups is 2. The Morgan fingerprint density at radius 1 is 1.32 bits per heavy atom. The Balaban J connectivity index is 4.85. The van der Waals surface area contributed by atoms with Crippen molar-refractivity contribution in [2.75, 3.05) is 26.9 Å². The summed E-state index contributed by atoms with van der Waals surface area (Å²) in [5, 5.41) is 0. The van der Waals surface area contributed by atoms with Gasteiger partial charge in [-0.05, 0) is 26.7 Å². The predicted molar refractivity (Wildman–Crippen MR) is 73.7 cm³/mol. The molecule has 0 spiro atoms. The average molecular weight is 271 g/mol. The standard InChI is InChI=1S/C14H25NO4/c1-6-19-14(17)13(10-11(2)3)15(12(4)16)8-7-9-18-5/h13H,2,6-10H2,1,3-5H3. The molecule has 0 radical (unpaired) electrons. The fourth-order valence-corrected chi connectivity index (χ4v) is 1.80. The number of methoxy groups -OCH3 is 1. The van der Waals surface area contributed by atoms with E-state index in [0.29, 0.717) is 32.6 Å². The molecule has 0 bridgehead atoms. The fraction of sp³-hybridized carbons (Fsp3) is 0.714. The van der Waals surface area contributed by atoms with Crippen molar-refractivity contribution in [3.8, 4) is 0 Å². The van der Waals surface area contributed by atoms with Crippen molar-refractivity contribution in [1.82, 2.24) is 4.90 Å². The lowest BCUT2D eigenvalue weighted by Crippen LogP contribution is -2.45. The molecule has 5 nitrogen and oxygen atoms in total. The molecule has 110 valence electrons. The maximum absolute atomic E-state index is 12.0. The lowest BCUT2D eigenvalue weighted by Gasteiger charge is -2.29. The van der Waals surface area contributed by atoms with E-state index in [4.69, 9.17) is 9.47 Å². The highest BCUT2D eigenvalue weighted by atomic mass is 16.5. The molecule has 1 atom stereocenters. The minimum absolute atomic E-state index is 0.143. The number of esters is 1. The summed E-state index contributed by atoms with van der Waals surface area (Å²) in [6.45, 7) is 10.2. The highest BCUT2D eigenvalue weighted by Gasteiger charge is 2.28. The lowest BCUT2D eigenvalue weighted by atomic mass is 10.1. The summed E-state index contributed by atoms with van der Waals surface area (Å²) in [5.41, 5.74) is 0.844. The summed E-state index contributed by atoms with van der Waals surface area (Å²) in [4.78, 5) is 25.2. The van der Waals surface area contributed by atoms with Crippen molar-refractivity contribution >= 4 is 11.9 Å². The van der Waals surface area contributed by atoms with Crippen LogP contribution < -0.4 is 0 Å². The Hall–Kier alpha value is -1.36. The first-order valence-electron chi connectivity index (χ1n) is 6.51. The zero-order valence-corrected chi connectivity index (χ0v) is 12.4. The van der Waals surface area contributed by atoms with Gasteiger partial charge >= 0.3 is 5.97 Å². The highest BCUT2D eigenvalue weighted by molar-refractivity contribution is 5.83. The molecule has 1 unspecified atom stereocenters. The third-order valence-corrected chi connectivity index (χ3v) is 2.63. The van der Waals surface area contributed by atoms with Gasteiger partial charge in [0.15, 0.2) is 0 Å². The maximum Gasteiger partial charge on any atom is 0.329 e. The quantitative estimate of drug-likeness (QED) is 0.364. The molecule has 0 saturated heterocycles. The third-order valence-electron chi connectivity index (χ3n) is 2.63. The van der Waals surface area contributed by atoms with E-state index in [1.54, 1.807) is 14.0 Å². The second kappa shape index (κ2) is 9.55. The molecule has 5 heteroatoms. The maximum atomic E-state index is 12.0. The van der Waals surface area contributed by atoms with Gasteiger partial charge in [0.05, 0.1) is 6.61 Å². The van der Waals surface area contributed by atoms with Crippen LogP contribution in [0.25, 0.3) is 0 Å². The molecule has 0 saturated carbocycles. The van der Waals surface area contributed by atoms with Crippen LogP contribution in [0.4, 0.5) is 0 Å². The van der Waals surface area contributed by atoms with Crippen molar-refractivity contribution in [2.45, 2.75) is 39.7 Å². The van der Waals surface area contributed by atoms with Crippen LogP contribution in [0.2, 0.25) is 0 Å². The average Bonchev–Trinajstić information content (AvgIpc) is 2.32. The Morgan fingerprint density at radius 3 is 2.37 bits per heavy atom. The number of nitrogens with zero attached hydrogens (tertiary/aromatic N) is 1. The molecule has 0 aromatic rings. The van der Waals surface area contributed by atoms with Crippen LogP contribution in [0, 0.1) is 0 Å². The van der Waals surface area contributed by atoms with Crippen LogP contribution in [0.15, 0.2) is 12.2 Å². The third kappa shape index (κ3) is 6.96. The van der Waals surface area contributed by atoms with Gasteiger partial charge < -0.3 is 14.4 Å². The van der Waals surface area contributed by atoms with Gasteiger partial charge in [-0.15, -0.1) is 6.58 Å². The normalized spacial score (nSPS) is 11.8. The summed E-state index contributed by atoms with van der Waals surface area (Å²) in [6, 6.07) is -0.591. The van der Waals surface area contributed by atoms with E-state index in [2.05, 4.69) is 6.58 Å². The zero-order chi connectivity index (χ0) is 14.8. The molecule has 0 aromatic carbocycles. The summed E-state index contributed by atoms with van der Waals surface area (Å²) in [5.74, 6) is -0.520. The van der Waals surface area contributed by atoms with Crippen LogP contribution >= 0.6 is 0 Å². The van der Waals surface area contributed by atoms with E-state index < -0.39 is 6.04 Å². The molecule has 0 fully saturated rings. The number of carbonyl (C=O) groups excluding carboxylic acids is 2. The number of rotatable bonds is 9. The van der Waals surface area contributed by atoms with Crippen LogP contribution in [0.5, 0.6) is 0 Å². The van der Waals surface area contributed by atoms with Gasteiger partial charge in [0.2, 0.25) is 5.91 Å². The largest absolute Gasteiger partial charge is 0.464 e. The van der Waals surface area contributed by atoms with Gasteiger partial charge in [-0.2, -0.15) is 0 Å². The lowest BCUT2D eigenvalue weighted by molar-refractivity contribution is -0.154. The van der Waals surface area contributed by atoms with E-state index in [9.17, 15) is 9.59 Å². The van der Waals surface area contributed by atoms with Gasteiger partial charge in [0.25, 0.3) is 0 Å². The van der Waals surface area contributed by atoms with Crippen molar-refractivity contribution < 1.29 is 19.1 Å². The molecular weight excluding hydrogens is 246 g/mol. The van der Waals surface area contributed by atoms with Gasteiger partial charge in [-0.25, -0.2) is 4.79 Å². The van der Waals surface area contributed by atoms with Gasteiger partial charge in [0.1, 0.15) is 6.04 Å². The summed E-state index contributed by atoms with van der Waals surface area (Å²) in [6.07, 6.45) is 1.10. The molecule has 0 N–H and O–H groups in total. The van der Waals surface area contributed by atoms with Crippen molar-refractivity contribution in [3.05, 3.63) is 12.2 Å². The zero-order valence-electron chi connectivity index (χ0n) is 12.4. The SMILES string of the molecule is C=C(C)CC(C(=O)OCC)N(CCCOC)C(C)=O. The Kier molecular flexibility index (Phi) is 8.87. The summed E-state index contributed by atoms with van der Waals surface area (Å²) >= 11 is 0. The van der Waals surface area contributed by atoms with Crippen molar-refractivity contribution in [2.24, 2.45) is 0 Å². The highest BCUT2D eigenvalue weighted by Crippen LogP contribution is 2.13. The van der Waals surface area contributed by atoms with E-state index in [1.165, 1.54) is 11.8 Å². The van der Waals surface area contributed by atoms with E-state index in [0.717, 1.165) is 5.57 Å². The smallest absolute Gasteiger partial charge is 0.329 e. The van der Waals surface area contributed by atoms with Crippen LogP contribution in [0.3, 0.4) is 0 Å². The topological polar surface area (TPSA) is 55.8 Å². The first-order valence-corrected chi connectivity index (χ1v) is 6.51. The van der Waals surface area contributed by atoms with Crippen LogP contribution in [0.1, 0.15) is 33.6 Å². The molecule has 0 aliphatic heterocycles. The van der Waals surface area contributed by atoms with Crippen LogP contribution in [-0.4, -0.2) is 49.7 Å². The summed E-state index contributed by atoms with van der Waals surface area (Å²) < 4.78 is 10.0. The molecule has 0 rings (SSSR count). The van der Waals surface area contributed by atoms with Gasteiger partial charge in [0, 0.05) is 27.2 Å². The van der Waals surface area contributed by atoms with E-state index in [-0.39, 0.29) is 11.9 Å². The number of hydrogen-bond acceptors (Lipinski definition) is 4. The van der Waals surface area contributed by atoms with Gasteiger partial charge in [-0.1, -0.05) is 5.57 Å². The van der Waals surface area contributed by atoms with Crippen LogP contribution in [-0.2, 0) is 19.1 Å². The fourth-order valence-electron chi connectivity index (χ4n) is 1.80. The Labute approximate surface area is 115 Å². The molecule has 0 aliphatic rings. The van der Waals surface area contributed by atoms with Crippen molar-refractivity contribution in [3.63, 3.8) is 0 Å². The van der Waals surface area contributed by atoms with Gasteiger partial charge in [-0.3, -0.25) is 4.79 Å². The molecule has 19 heavy (non-hydrogen) atoms. The number of hydrogen-bond donors (Lipinski definition) is 0. The number of ether oxygens (including phenoxy) is 2. The Bertz CT molecular complexity index is 315. The number of amides is 1.